The van der Waals surface area contributed by atoms with Crippen molar-refractivity contribution < 1.29 is 4.79 Å². The Bertz CT molecular complexity index is 562. The monoisotopic (exact) mass is 257 g/mol. The first-order chi connectivity index (χ1) is 9.24. The number of nitrogens with two attached hydrogens (primary N) is 1. The van der Waals surface area contributed by atoms with Gasteiger partial charge in [-0.1, -0.05) is 17.3 Å². The molecule has 0 aliphatic carbocycles. The van der Waals surface area contributed by atoms with Crippen LogP contribution in [0.5, 0.6) is 0 Å². The summed E-state index contributed by atoms with van der Waals surface area (Å²) >= 11 is 0. The quantitative estimate of drug-likeness (QED) is 0.609. The minimum Gasteiger partial charge on any atom is -0.399 e. The Morgan fingerprint density at radius 1 is 1.47 bits per heavy atom. The maximum absolute atomic E-state index is 11.6. The van der Waals surface area contributed by atoms with Crippen LogP contribution in [0.3, 0.4) is 0 Å². The first-order valence-corrected chi connectivity index (χ1v) is 5.89. The Kier molecular flexibility index (Phi) is 4.28. The van der Waals surface area contributed by atoms with Crippen molar-refractivity contribution in [1.82, 2.24) is 20.3 Å². The molecule has 1 aromatic carbocycles. The largest absolute Gasteiger partial charge is 0.399 e. The minimum atomic E-state index is -0.150. The number of carbonyl (C=O) groups is 1. The van der Waals surface area contributed by atoms with Crippen molar-refractivity contribution in [3.8, 4) is 0 Å². The second kappa shape index (κ2) is 6.34. The van der Waals surface area contributed by atoms with Crippen LogP contribution in [0.1, 0.15) is 5.56 Å². The zero-order chi connectivity index (χ0) is 13.5. The number of nitrogens with one attached hydrogen (secondary N) is 1. The van der Waals surface area contributed by atoms with Crippen molar-refractivity contribution in [1.29, 1.82) is 0 Å². The van der Waals surface area contributed by atoms with Crippen LogP contribution in [-0.4, -0.2) is 27.4 Å². The lowest BCUT2D eigenvalue weighted by Crippen LogP contribution is -2.25. The van der Waals surface area contributed by atoms with Gasteiger partial charge in [0.2, 0.25) is 5.91 Å². The van der Waals surface area contributed by atoms with Gasteiger partial charge in [-0.25, -0.2) is 0 Å². The van der Waals surface area contributed by atoms with Crippen LogP contribution < -0.4 is 11.1 Å². The lowest BCUT2D eigenvalue weighted by Gasteiger charge is -2.01. The molecule has 0 fully saturated rings. The summed E-state index contributed by atoms with van der Waals surface area (Å²) in [5, 5.41) is 10.2. The van der Waals surface area contributed by atoms with Gasteiger partial charge in [0.05, 0.1) is 12.7 Å². The third kappa shape index (κ3) is 4.27. The van der Waals surface area contributed by atoms with Crippen LogP contribution in [0, 0.1) is 0 Å². The van der Waals surface area contributed by atoms with Crippen LogP contribution in [0.25, 0.3) is 6.08 Å². The minimum absolute atomic E-state index is 0.150. The van der Waals surface area contributed by atoms with E-state index in [0.717, 1.165) is 5.56 Å². The molecular weight excluding hydrogens is 242 g/mol. The van der Waals surface area contributed by atoms with Crippen LogP contribution in [0.4, 0.5) is 5.69 Å². The summed E-state index contributed by atoms with van der Waals surface area (Å²) < 4.78 is 1.65. The van der Waals surface area contributed by atoms with Crippen molar-refractivity contribution in [2.75, 3.05) is 12.3 Å². The van der Waals surface area contributed by atoms with Crippen molar-refractivity contribution in [3.05, 3.63) is 48.3 Å². The summed E-state index contributed by atoms with van der Waals surface area (Å²) in [6.45, 7) is 1.10. The Balaban J connectivity index is 1.78. The average Bonchev–Trinajstić information content (AvgIpc) is 2.90. The molecule has 2 rings (SSSR count). The molecule has 6 heteroatoms. The van der Waals surface area contributed by atoms with Gasteiger partial charge < -0.3 is 11.1 Å². The predicted molar refractivity (Wildman–Crippen MR) is 72.9 cm³/mol. The van der Waals surface area contributed by atoms with Crippen molar-refractivity contribution in [2.24, 2.45) is 0 Å². The summed E-state index contributed by atoms with van der Waals surface area (Å²) in [6.07, 6.45) is 6.55. The highest BCUT2D eigenvalue weighted by molar-refractivity contribution is 5.91. The maximum atomic E-state index is 11.6. The number of hydrogen-bond acceptors (Lipinski definition) is 4. The van der Waals surface area contributed by atoms with E-state index in [0.29, 0.717) is 18.8 Å². The van der Waals surface area contributed by atoms with E-state index in [9.17, 15) is 4.79 Å². The number of rotatable bonds is 5. The summed E-state index contributed by atoms with van der Waals surface area (Å²) in [7, 11) is 0. The second-order valence-electron chi connectivity index (χ2n) is 3.96. The molecule has 0 saturated heterocycles. The highest BCUT2D eigenvalue weighted by atomic mass is 16.1. The van der Waals surface area contributed by atoms with Gasteiger partial charge >= 0.3 is 0 Å². The number of benzene rings is 1. The number of nitrogens with zero attached hydrogens (tertiary/aromatic N) is 3. The molecule has 1 amide bonds. The number of hydrogen-bond donors (Lipinski definition) is 2. The number of nitrogen functional groups attached to an aromatic ring is 1. The van der Waals surface area contributed by atoms with E-state index < -0.39 is 0 Å². The smallest absolute Gasteiger partial charge is 0.244 e. The third-order valence-electron chi connectivity index (χ3n) is 2.45. The van der Waals surface area contributed by atoms with Crippen LogP contribution >= 0.6 is 0 Å². The zero-order valence-electron chi connectivity index (χ0n) is 10.4. The molecule has 0 spiro atoms. The first-order valence-electron chi connectivity index (χ1n) is 5.89. The average molecular weight is 257 g/mol. The van der Waals surface area contributed by atoms with Gasteiger partial charge in [0.1, 0.15) is 0 Å². The maximum Gasteiger partial charge on any atom is 0.244 e. The van der Waals surface area contributed by atoms with E-state index in [1.165, 1.54) is 6.08 Å². The number of carbonyl (C=O) groups excluding carboxylic acids is 1. The van der Waals surface area contributed by atoms with Gasteiger partial charge in [-0.3, -0.25) is 9.48 Å². The second-order valence-corrected chi connectivity index (χ2v) is 3.96. The van der Waals surface area contributed by atoms with Crippen molar-refractivity contribution in [3.63, 3.8) is 0 Å². The van der Waals surface area contributed by atoms with E-state index in [-0.39, 0.29) is 5.91 Å². The number of aromatic nitrogens is 3. The molecule has 3 N–H and O–H groups in total. The highest BCUT2D eigenvalue weighted by Gasteiger charge is 1.96. The van der Waals surface area contributed by atoms with Crippen LogP contribution in [0.2, 0.25) is 0 Å². The molecular formula is C13H15N5O. The van der Waals surface area contributed by atoms with Gasteiger partial charge in [-0.2, -0.15) is 0 Å². The molecule has 19 heavy (non-hydrogen) atoms. The topological polar surface area (TPSA) is 85.8 Å². The highest BCUT2D eigenvalue weighted by Crippen LogP contribution is 2.07. The fraction of sp³-hybridized carbons (Fsp3) is 0.154. The predicted octanol–water partition coefficient (Wildman–Crippen LogP) is 0.690. The molecule has 0 aliphatic heterocycles. The van der Waals surface area contributed by atoms with Gasteiger partial charge in [0.15, 0.2) is 0 Å². The normalized spacial score (nSPS) is 10.7. The lowest BCUT2D eigenvalue weighted by atomic mass is 10.2. The molecule has 0 unspecified atom stereocenters. The summed E-state index contributed by atoms with van der Waals surface area (Å²) in [4.78, 5) is 11.6. The molecule has 98 valence electrons. The molecule has 6 nitrogen and oxygen atoms in total. The van der Waals surface area contributed by atoms with E-state index in [4.69, 9.17) is 5.73 Å². The first kappa shape index (κ1) is 12.8. The molecule has 1 heterocycles. The fourth-order valence-electron chi connectivity index (χ4n) is 1.54. The fourth-order valence-corrected chi connectivity index (χ4v) is 1.54. The van der Waals surface area contributed by atoms with E-state index >= 15 is 0 Å². The third-order valence-corrected chi connectivity index (χ3v) is 2.45. The van der Waals surface area contributed by atoms with E-state index in [1.54, 1.807) is 35.3 Å². The Labute approximate surface area is 110 Å². The molecule has 0 aliphatic rings. The van der Waals surface area contributed by atoms with Crippen molar-refractivity contribution >= 4 is 17.7 Å². The molecule has 0 saturated carbocycles. The Morgan fingerprint density at radius 3 is 3.11 bits per heavy atom. The van der Waals surface area contributed by atoms with Gasteiger partial charge in [0, 0.05) is 24.5 Å². The molecule has 0 radical (unpaired) electrons. The standard InChI is InChI=1S/C13H15N5O/c14-12-3-1-2-11(10-12)4-5-13(19)15-6-8-18-9-7-16-17-18/h1-5,7,9-10H,6,8,14H2,(H,15,19)/b5-4+. The lowest BCUT2D eigenvalue weighted by molar-refractivity contribution is -0.116. The Morgan fingerprint density at radius 2 is 2.37 bits per heavy atom. The zero-order valence-corrected chi connectivity index (χ0v) is 10.4. The van der Waals surface area contributed by atoms with Crippen LogP contribution in [0.15, 0.2) is 42.7 Å². The van der Waals surface area contributed by atoms with E-state index in [1.807, 2.05) is 12.1 Å². The van der Waals surface area contributed by atoms with Gasteiger partial charge in [-0.15, -0.1) is 5.10 Å². The molecule has 0 bridgehead atoms. The molecule has 0 atom stereocenters. The summed E-state index contributed by atoms with van der Waals surface area (Å²) in [5.41, 5.74) is 7.22. The van der Waals surface area contributed by atoms with Crippen LogP contribution in [-0.2, 0) is 11.3 Å². The number of anilines is 1. The van der Waals surface area contributed by atoms with Crippen molar-refractivity contribution in [2.45, 2.75) is 6.54 Å². The van der Waals surface area contributed by atoms with Gasteiger partial charge in [0.25, 0.3) is 0 Å². The summed E-state index contributed by atoms with van der Waals surface area (Å²) in [5.74, 6) is -0.150. The SMILES string of the molecule is Nc1cccc(/C=C/C(=O)NCCn2ccnn2)c1. The number of amides is 1. The van der Waals surface area contributed by atoms with E-state index in [2.05, 4.69) is 15.6 Å². The molecule has 2 aromatic rings. The molecule has 1 aromatic heterocycles. The van der Waals surface area contributed by atoms with Gasteiger partial charge in [-0.05, 0) is 23.8 Å². The summed E-state index contributed by atoms with van der Waals surface area (Å²) in [6, 6.07) is 7.34. The Hall–Kier alpha value is -2.63.